The molecule has 0 radical (unpaired) electrons. The summed E-state index contributed by atoms with van der Waals surface area (Å²) in [6.45, 7) is -0.271. The van der Waals surface area contributed by atoms with Gasteiger partial charge in [0.2, 0.25) is 0 Å². The summed E-state index contributed by atoms with van der Waals surface area (Å²) in [7, 11) is 0. The zero-order chi connectivity index (χ0) is 11.5. The highest BCUT2D eigenvalue weighted by atomic mass is 19.1. The first-order valence-electron chi connectivity index (χ1n) is 4.53. The van der Waals surface area contributed by atoms with Crippen molar-refractivity contribution in [2.24, 2.45) is 0 Å². The van der Waals surface area contributed by atoms with Gasteiger partial charge in [0, 0.05) is 5.56 Å². The van der Waals surface area contributed by atoms with Gasteiger partial charge in [0.05, 0.1) is 11.9 Å². The van der Waals surface area contributed by atoms with Crippen LogP contribution in [0.3, 0.4) is 0 Å². The second kappa shape index (κ2) is 4.09. The number of nitrogens with zero attached hydrogens (tertiary/aromatic N) is 3. The summed E-state index contributed by atoms with van der Waals surface area (Å²) in [6.07, 6.45) is 1.44. The first-order valence-corrected chi connectivity index (χ1v) is 4.53. The van der Waals surface area contributed by atoms with E-state index >= 15 is 0 Å². The fraction of sp³-hybridized carbons (Fsp3) is 0.100. The van der Waals surface area contributed by atoms with Crippen LogP contribution in [0.25, 0.3) is 11.3 Å². The molecule has 6 heteroatoms. The molecule has 0 saturated heterocycles. The van der Waals surface area contributed by atoms with Gasteiger partial charge in [-0.2, -0.15) is 0 Å². The Hall–Kier alpha value is -2.24. The van der Waals surface area contributed by atoms with Crippen molar-refractivity contribution in [2.45, 2.75) is 6.54 Å². The molecular weight excluding hydrogens is 213 g/mol. The maximum absolute atomic E-state index is 12.7. The summed E-state index contributed by atoms with van der Waals surface area (Å²) in [5.74, 6) is -1.35. The van der Waals surface area contributed by atoms with E-state index in [0.29, 0.717) is 11.3 Å². The number of hydrogen-bond acceptors (Lipinski definition) is 3. The van der Waals surface area contributed by atoms with E-state index in [9.17, 15) is 9.18 Å². The van der Waals surface area contributed by atoms with E-state index in [0.717, 1.165) is 0 Å². The molecule has 1 aromatic carbocycles. The maximum atomic E-state index is 12.7. The van der Waals surface area contributed by atoms with E-state index in [4.69, 9.17) is 5.11 Å². The fourth-order valence-electron chi connectivity index (χ4n) is 1.35. The number of hydrogen-bond donors (Lipinski definition) is 1. The molecule has 1 N–H and O–H groups in total. The average molecular weight is 221 g/mol. The van der Waals surface area contributed by atoms with Gasteiger partial charge < -0.3 is 5.11 Å². The zero-order valence-electron chi connectivity index (χ0n) is 8.17. The Kier molecular flexibility index (Phi) is 2.63. The minimum absolute atomic E-state index is 0.271. The minimum atomic E-state index is -1.01. The van der Waals surface area contributed by atoms with E-state index < -0.39 is 5.97 Å². The van der Waals surface area contributed by atoms with Crippen LogP contribution in [-0.2, 0) is 11.3 Å². The Morgan fingerprint density at radius 1 is 1.38 bits per heavy atom. The predicted octanol–water partition coefficient (Wildman–Crippen LogP) is 1.17. The van der Waals surface area contributed by atoms with Crippen molar-refractivity contribution in [3.8, 4) is 11.3 Å². The van der Waals surface area contributed by atoms with Crippen molar-refractivity contribution in [3.63, 3.8) is 0 Å². The number of carboxylic acids is 1. The maximum Gasteiger partial charge on any atom is 0.325 e. The molecule has 82 valence electrons. The quantitative estimate of drug-likeness (QED) is 0.844. The molecule has 5 nitrogen and oxygen atoms in total. The lowest BCUT2D eigenvalue weighted by atomic mass is 10.1. The number of benzene rings is 1. The molecule has 0 spiro atoms. The van der Waals surface area contributed by atoms with Crippen LogP contribution in [-0.4, -0.2) is 26.1 Å². The third-order valence-electron chi connectivity index (χ3n) is 2.04. The topological polar surface area (TPSA) is 68.0 Å². The highest BCUT2D eigenvalue weighted by Crippen LogP contribution is 2.17. The van der Waals surface area contributed by atoms with Gasteiger partial charge in [-0.05, 0) is 24.3 Å². The standard InChI is InChI=1S/C10H8FN3O2/c11-8-3-1-7(2-4-8)9-5-12-13-14(9)6-10(15)16/h1-5H,6H2,(H,15,16). The minimum Gasteiger partial charge on any atom is -0.480 e. The molecule has 0 aliphatic heterocycles. The molecule has 0 aliphatic carbocycles. The van der Waals surface area contributed by atoms with Gasteiger partial charge in [-0.1, -0.05) is 5.21 Å². The summed E-state index contributed by atoms with van der Waals surface area (Å²) >= 11 is 0. The lowest BCUT2D eigenvalue weighted by Gasteiger charge is -2.02. The van der Waals surface area contributed by atoms with Gasteiger partial charge >= 0.3 is 5.97 Å². The number of aliphatic carboxylic acids is 1. The number of rotatable bonds is 3. The first-order chi connectivity index (χ1) is 7.66. The molecule has 2 aromatic rings. The van der Waals surface area contributed by atoms with Crippen molar-refractivity contribution in [1.29, 1.82) is 0 Å². The van der Waals surface area contributed by atoms with E-state index in [1.807, 2.05) is 0 Å². The van der Waals surface area contributed by atoms with Gasteiger partial charge in [-0.15, -0.1) is 5.10 Å². The predicted molar refractivity (Wildman–Crippen MR) is 53.1 cm³/mol. The van der Waals surface area contributed by atoms with Crippen LogP contribution in [0.15, 0.2) is 30.5 Å². The molecule has 0 amide bonds. The highest BCUT2D eigenvalue weighted by molar-refractivity contribution is 5.68. The number of halogens is 1. The van der Waals surface area contributed by atoms with E-state index in [1.54, 1.807) is 12.1 Å². The smallest absolute Gasteiger partial charge is 0.325 e. The van der Waals surface area contributed by atoms with Crippen LogP contribution in [0.2, 0.25) is 0 Å². The molecular formula is C10H8FN3O2. The van der Waals surface area contributed by atoms with Crippen LogP contribution >= 0.6 is 0 Å². The summed E-state index contributed by atoms with van der Waals surface area (Å²) in [6, 6.07) is 5.69. The van der Waals surface area contributed by atoms with Gasteiger partial charge in [0.15, 0.2) is 0 Å². The zero-order valence-corrected chi connectivity index (χ0v) is 8.17. The molecule has 1 heterocycles. The number of carbonyl (C=O) groups is 1. The van der Waals surface area contributed by atoms with Crippen LogP contribution in [0.5, 0.6) is 0 Å². The normalized spacial score (nSPS) is 10.3. The van der Waals surface area contributed by atoms with E-state index in [2.05, 4.69) is 10.3 Å². The lowest BCUT2D eigenvalue weighted by molar-refractivity contribution is -0.137. The summed E-state index contributed by atoms with van der Waals surface area (Å²) in [5.41, 5.74) is 1.22. The molecule has 0 atom stereocenters. The van der Waals surface area contributed by atoms with Crippen molar-refractivity contribution in [3.05, 3.63) is 36.3 Å². The Bertz CT molecular complexity index is 507. The third kappa shape index (κ3) is 2.05. The van der Waals surface area contributed by atoms with Gasteiger partial charge in [0.1, 0.15) is 12.4 Å². The van der Waals surface area contributed by atoms with Crippen LogP contribution in [0, 0.1) is 5.82 Å². The monoisotopic (exact) mass is 221 g/mol. The average Bonchev–Trinajstić information content (AvgIpc) is 2.66. The van der Waals surface area contributed by atoms with Crippen LogP contribution < -0.4 is 0 Å². The summed E-state index contributed by atoms with van der Waals surface area (Å²) < 4.78 is 14.0. The largest absolute Gasteiger partial charge is 0.480 e. The molecule has 0 fully saturated rings. The Morgan fingerprint density at radius 2 is 2.06 bits per heavy atom. The van der Waals surface area contributed by atoms with Gasteiger partial charge in [-0.25, -0.2) is 9.07 Å². The number of aromatic nitrogens is 3. The highest BCUT2D eigenvalue weighted by Gasteiger charge is 2.09. The number of carboxylic acid groups (broad SMARTS) is 1. The van der Waals surface area contributed by atoms with Crippen molar-refractivity contribution >= 4 is 5.97 Å². The van der Waals surface area contributed by atoms with Crippen LogP contribution in [0.4, 0.5) is 4.39 Å². The lowest BCUT2D eigenvalue weighted by Crippen LogP contribution is -2.11. The molecule has 0 saturated carbocycles. The molecule has 2 rings (SSSR count). The molecule has 1 aromatic heterocycles. The molecule has 16 heavy (non-hydrogen) atoms. The summed E-state index contributed by atoms with van der Waals surface area (Å²) in [5, 5.41) is 15.9. The van der Waals surface area contributed by atoms with Crippen molar-refractivity contribution < 1.29 is 14.3 Å². The molecule has 0 aliphatic rings. The van der Waals surface area contributed by atoms with Gasteiger partial charge in [-0.3, -0.25) is 4.79 Å². The first kappa shape index (κ1) is 10.3. The summed E-state index contributed by atoms with van der Waals surface area (Å²) in [4.78, 5) is 10.6. The van der Waals surface area contributed by atoms with Gasteiger partial charge in [0.25, 0.3) is 0 Å². The SMILES string of the molecule is O=C(O)Cn1nncc1-c1ccc(F)cc1. The Morgan fingerprint density at radius 3 is 2.69 bits per heavy atom. The second-order valence-electron chi connectivity index (χ2n) is 3.18. The molecule has 0 unspecified atom stereocenters. The second-order valence-corrected chi connectivity index (χ2v) is 3.18. The van der Waals surface area contributed by atoms with E-state index in [-0.39, 0.29) is 12.4 Å². The van der Waals surface area contributed by atoms with Crippen LogP contribution in [0.1, 0.15) is 0 Å². The van der Waals surface area contributed by atoms with Crippen molar-refractivity contribution in [2.75, 3.05) is 0 Å². The van der Waals surface area contributed by atoms with E-state index in [1.165, 1.54) is 23.0 Å². The Labute approximate surface area is 90.1 Å². The fourth-order valence-corrected chi connectivity index (χ4v) is 1.35. The third-order valence-corrected chi connectivity index (χ3v) is 2.04. The van der Waals surface area contributed by atoms with Crippen molar-refractivity contribution in [1.82, 2.24) is 15.0 Å². The Balaban J connectivity index is 2.36. The molecule has 0 bridgehead atoms.